The SMILES string of the molecule is CO[C@H]1CC[C@H](c2ccc3cc(C=O)ccc3n2)C1. The minimum absolute atomic E-state index is 0.375. The van der Waals surface area contributed by atoms with Gasteiger partial charge in [0.1, 0.15) is 6.29 Å². The highest BCUT2D eigenvalue weighted by Gasteiger charge is 2.26. The maximum absolute atomic E-state index is 10.8. The third-order valence-electron chi connectivity index (χ3n) is 4.01. The van der Waals surface area contributed by atoms with Gasteiger partial charge in [-0.05, 0) is 43.5 Å². The molecule has 19 heavy (non-hydrogen) atoms. The summed E-state index contributed by atoms with van der Waals surface area (Å²) in [5, 5.41) is 1.02. The number of ether oxygens (including phenoxy) is 1. The molecule has 2 aromatic rings. The van der Waals surface area contributed by atoms with Crippen molar-refractivity contribution in [3.8, 4) is 0 Å². The van der Waals surface area contributed by atoms with Gasteiger partial charge in [0.25, 0.3) is 0 Å². The summed E-state index contributed by atoms with van der Waals surface area (Å²) in [6, 6.07) is 9.76. The zero-order valence-electron chi connectivity index (χ0n) is 11.0. The summed E-state index contributed by atoms with van der Waals surface area (Å²) < 4.78 is 5.41. The first-order chi connectivity index (χ1) is 9.30. The van der Waals surface area contributed by atoms with Gasteiger partial charge in [0.05, 0.1) is 11.6 Å². The summed E-state index contributed by atoms with van der Waals surface area (Å²) in [5.74, 6) is 0.500. The van der Waals surface area contributed by atoms with Crippen molar-refractivity contribution in [3.63, 3.8) is 0 Å². The largest absolute Gasteiger partial charge is 0.381 e. The summed E-state index contributed by atoms with van der Waals surface area (Å²) in [6.45, 7) is 0. The molecule has 0 unspecified atom stereocenters. The van der Waals surface area contributed by atoms with Gasteiger partial charge >= 0.3 is 0 Å². The van der Waals surface area contributed by atoms with E-state index in [1.165, 1.54) is 0 Å². The van der Waals surface area contributed by atoms with Gasteiger partial charge < -0.3 is 4.74 Å². The molecule has 3 nitrogen and oxygen atoms in total. The van der Waals surface area contributed by atoms with Crippen LogP contribution in [0.3, 0.4) is 0 Å². The number of fused-ring (bicyclic) bond motifs is 1. The molecule has 98 valence electrons. The number of benzene rings is 1. The van der Waals surface area contributed by atoms with E-state index in [0.717, 1.165) is 42.1 Å². The van der Waals surface area contributed by atoms with Crippen LogP contribution in [0.5, 0.6) is 0 Å². The molecule has 0 N–H and O–H groups in total. The fourth-order valence-corrected chi connectivity index (χ4v) is 2.88. The Morgan fingerprint density at radius 1 is 1.26 bits per heavy atom. The van der Waals surface area contributed by atoms with Crippen molar-refractivity contribution in [1.29, 1.82) is 0 Å². The topological polar surface area (TPSA) is 39.2 Å². The molecule has 0 radical (unpaired) electrons. The lowest BCUT2D eigenvalue weighted by atomic mass is 10.0. The number of rotatable bonds is 3. The molecule has 0 aliphatic heterocycles. The van der Waals surface area contributed by atoms with E-state index in [1.807, 2.05) is 18.2 Å². The molecule has 1 heterocycles. The second-order valence-electron chi connectivity index (χ2n) is 5.17. The molecule has 1 fully saturated rings. The van der Waals surface area contributed by atoms with Gasteiger partial charge in [0.2, 0.25) is 0 Å². The molecule has 3 heteroatoms. The Hall–Kier alpha value is -1.74. The standard InChI is InChI=1S/C16H17NO2/c1-19-14-5-3-13(9-14)16-7-4-12-8-11(10-18)2-6-15(12)17-16/h2,4,6-8,10,13-14H,3,5,9H2,1H3/t13-,14-/m0/s1. The number of aromatic nitrogens is 1. The lowest BCUT2D eigenvalue weighted by molar-refractivity contribution is 0.108. The maximum Gasteiger partial charge on any atom is 0.150 e. The van der Waals surface area contributed by atoms with Gasteiger partial charge in [-0.3, -0.25) is 9.78 Å². The molecule has 1 aliphatic carbocycles. The van der Waals surface area contributed by atoms with E-state index in [-0.39, 0.29) is 0 Å². The predicted molar refractivity (Wildman–Crippen MR) is 74.5 cm³/mol. The molecule has 0 spiro atoms. The Bertz CT molecular complexity index is 609. The lowest BCUT2D eigenvalue weighted by Gasteiger charge is -2.11. The van der Waals surface area contributed by atoms with Gasteiger partial charge in [-0.25, -0.2) is 0 Å². The molecule has 2 atom stereocenters. The third kappa shape index (κ3) is 2.38. The van der Waals surface area contributed by atoms with E-state index in [4.69, 9.17) is 9.72 Å². The van der Waals surface area contributed by atoms with Crippen molar-refractivity contribution < 1.29 is 9.53 Å². The molecule has 0 amide bonds. The minimum atomic E-state index is 0.375. The Labute approximate surface area is 112 Å². The fourth-order valence-electron chi connectivity index (χ4n) is 2.88. The van der Waals surface area contributed by atoms with E-state index < -0.39 is 0 Å². The van der Waals surface area contributed by atoms with Crippen LogP contribution in [0.1, 0.15) is 41.2 Å². The molecule has 3 rings (SSSR count). The summed E-state index contributed by atoms with van der Waals surface area (Å²) in [7, 11) is 1.78. The average Bonchev–Trinajstić information content (AvgIpc) is 2.95. The zero-order valence-corrected chi connectivity index (χ0v) is 11.0. The molecular formula is C16H17NO2. The first-order valence-corrected chi connectivity index (χ1v) is 6.69. The molecule has 0 saturated heterocycles. The number of nitrogens with zero attached hydrogens (tertiary/aromatic N) is 1. The Morgan fingerprint density at radius 2 is 2.16 bits per heavy atom. The predicted octanol–water partition coefficient (Wildman–Crippen LogP) is 3.33. The normalized spacial score (nSPS) is 22.8. The Balaban J connectivity index is 1.92. The fraction of sp³-hybridized carbons (Fsp3) is 0.375. The van der Waals surface area contributed by atoms with Crippen molar-refractivity contribution in [2.24, 2.45) is 0 Å². The average molecular weight is 255 g/mol. The van der Waals surface area contributed by atoms with Crippen molar-refractivity contribution in [2.45, 2.75) is 31.3 Å². The van der Waals surface area contributed by atoms with Crippen LogP contribution in [-0.4, -0.2) is 24.5 Å². The number of hydrogen-bond acceptors (Lipinski definition) is 3. The van der Waals surface area contributed by atoms with Crippen molar-refractivity contribution in [3.05, 3.63) is 41.6 Å². The van der Waals surface area contributed by atoms with Gasteiger partial charge in [-0.2, -0.15) is 0 Å². The maximum atomic E-state index is 10.8. The van der Waals surface area contributed by atoms with E-state index in [1.54, 1.807) is 7.11 Å². The second kappa shape index (κ2) is 5.10. The van der Waals surface area contributed by atoms with Crippen LogP contribution < -0.4 is 0 Å². The van der Waals surface area contributed by atoms with Gasteiger partial charge in [-0.15, -0.1) is 0 Å². The molecular weight excluding hydrogens is 238 g/mol. The molecule has 1 aromatic carbocycles. The van der Waals surface area contributed by atoms with Crippen LogP contribution in [-0.2, 0) is 4.74 Å². The van der Waals surface area contributed by atoms with E-state index >= 15 is 0 Å². The van der Waals surface area contributed by atoms with Crippen LogP contribution >= 0.6 is 0 Å². The highest BCUT2D eigenvalue weighted by Crippen LogP contribution is 2.35. The lowest BCUT2D eigenvalue weighted by Crippen LogP contribution is -2.05. The molecule has 1 aliphatic rings. The number of carbonyl (C=O) groups excluding carboxylic acids is 1. The second-order valence-corrected chi connectivity index (χ2v) is 5.17. The van der Waals surface area contributed by atoms with Crippen molar-refractivity contribution in [1.82, 2.24) is 4.98 Å². The van der Waals surface area contributed by atoms with Gasteiger partial charge in [0.15, 0.2) is 0 Å². The van der Waals surface area contributed by atoms with Crippen LogP contribution in [0.4, 0.5) is 0 Å². The van der Waals surface area contributed by atoms with Crippen LogP contribution in [0.15, 0.2) is 30.3 Å². The van der Waals surface area contributed by atoms with Crippen LogP contribution in [0.2, 0.25) is 0 Å². The first-order valence-electron chi connectivity index (χ1n) is 6.69. The smallest absolute Gasteiger partial charge is 0.150 e. The van der Waals surface area contributed by atoms with Crippen LogP contribution in [0.25, 0.3) is 10.9 Å². The van der Waals surface area contributed by atoms with E-state index in [9.17, 15) is 4.79 Å². The number of pyridine rings is 1. The number of methoxy groups -OCH3 is 1. The van der Waals surface area contributed by atoms with Crippen molar-refractivity contribution in [2.75, 3.05) is 7.11 Å². The van der Waals surface area contributed by atoms with Gasteiger partial charge in [0, 0.05) is 29.7 Å². The minimum Gasteiger partial charge on any atom is -0.381 e. The Kier molecular flexibility index (Phi) is 3.30. The number of hydrogen-bond donors (Lipinski definition) is 0. The van der Waals surface area contributed by atoms with Gasteiger partial charge in [-0.1, -0.05) is 6.07 Å². The monoisotopic (exact) mass is 255 g/mol. The zero-order chi connectivity index (χ0) is 13.2. The summed E-state index contributed by atoms with van der Waals surface area (Å²) in [6.07, 6.45) is 4.56. The highest BCUT2D eigenvalue weighted by molar-refractivity contribution is 5.86. The van der Waals surface area contributed by atoms with E-state index in [2.05, 4.69) is 12.1 Å². The first kappa shape index (κ1) is 12.3. The number of carbonyl (C=O) groups is 1. The molecule has 1 saturated carbocycles. The molecule has 0 bridgehead atoms. The summed E-state index contributed by atoms with van der Waals surface area (Å²) in [4.78, 5) is 15.5. The third-order valence-corrected chi connectivity index (χ3v) is 4.01. The number of aldehydes is 1. The van der Waals surface area contributed by atoms with Crippen molar-refractivity contribution >= 4 is 17.2 Å². The quantitative estimate of drug-likeness (QED) is 0.790. The summed E-state index contributed by atoms with van der Waals surface area (Å²) in [5.41, 5.74) is 2.80. The van der Waals surface area contributed by atoms with Crippen LogP contribution in [0, 0.1) is 0 Å². The summed E-state index contributed by atoms with van der Waals surface area (Å²) >= 11 is 0. The molecule has 1 aromatic heterocycles. The highest BCUT2D eigenvalue weighted by atomic mass is 16.5. The Morgan fingerprint density at radius 3 is 2.89 bits per heavy atom. The van der Waals surface area contributed by atoms with E-state index in [0.29, 0.717) is 17.6 Å².